The number of piperidine rings is 1. The lowest BCUT2D eigenvalue weighted by molar-refractivity contribution is 0.196. The number of H-pyrrole nitrogens is 1. The lowest BCUT2D eigenvalue weighted by atomic mass is 9.95. The van der Waals surface area contributed by atoms with E-state index < -0.39 is 0 Å². The van der Waals surface area contributed by atoms with Crippen molar-refractivity contribution in [3.05, 3.63) is 48.0 Å². The molecule has 0 saturated carbocycles. The van der Waals surface area contributed by atoms with Crippen LogP contribution in [-0.4, -0.2) is 33.2 Å². The minimum Gasteiger partial charge on any atom is -0.297 e. The van der Waals surface area contributed by atoms with Crippen LogP contribution in [0.3, 0.4) is 0 Å². The topological polar surface area (TPSA) is 44.8 Å². The first kappa shape index (κ1) is 11.4. The molecule has 3 heterocycles. The Morgan fingerprint density at radius 3 is 3.06 bits per heavy atom. The summed E-state index contributed by atoms with van der Waals surface area (Å²) < 4.78 is 0. The number of likely N-dealkylation sites (tertiary alicyclic amines) is 1. The summed E-state index contributed by atoms with van der Waals surface area (Å²) in [6.45, 7) is 3.21. The molecule has 0 unspecified atom stereocenters. The lowest BCUT2D eigenvalue weighted by Gasteiger charge is -2.31. The molecule has 1 fully saturated rings. The fraction of sp³-hybridized carbons (Fsp3) is 0.429. The van der Waals surface area contributed by atoms with Crippen LogP contribution in [0.4, 0.5) is 0 Å². The first-order valence-electron chi connectivity index (χ1n) is 6.53. The van der Waals surface area contributed by atoms with Gasteiger partial charge in [0, 0.05) is 37.1 Å². The van der Waals surface area contributed by atoms with Crippen molar-refractivity contribution in [3.63, 3.8) is 0 Å². The molecule has 0 amide bonds. The predicted octanol–water partition coefficient (Wildman–Crippen LogP) is 2.18. The van der Waals surface area contributed by atoms with Crippen LogP contribution in [0.1, 0.15) is 30.1 Å². The molecule has 1 N–H and O–H groups in total. The van der Waals surface area contributed by atoms with Gasteiger partial charge in [0.25, 0.3) is 0 Å². The molecular weight excluding hydrogens is 224 g/mol. The maximum atomic E-state index is 4.40. The van der Waals surface area contributed by atoms with Gasteiger partial charge < -0.3 is 0 Å². The van der Waals surface area contributed by atoms with Gasteiger partial charge in [0.1, 0.15) is 0 Å². The second-order valence-electron chi connectivity index (χ2n) is 4.91. The number of nitrogens with one attached hydrogen (secondary N) is 1. The third kappa shape index (κ3) is 2.59. The molecule has 4 nitrogen and oxygen atoms in total. The third-order valence-corrected chi connectivity index (χ3v) is 3.58. The van der Waals surface area contributed by atoms with Crippen LogP contribution >= 0.6 is 0 Å². The van der Waals surface area contributed by atoms with E-state index in [4.69, 9.17) is 0 Å². The summed E-state index contributed by atoms with van der Waals surface area (Å²) in [5, 5.41) is 7.15. The Labute approximate surface area is 107 Å². The van der Waals surface area contributed by atoms with Crippen LogP contribution in [0.5, 0.6) is 0 Å². The van der Waals surface area contributed by atoms with E-state index in [-0.39, 0.29) is 0 Å². The van der Waals surface area contributed by atoms with E-state index in [1.807, 2.05) is 18.5 Å². The fourth-order valence-electron chi connectivity index (χ4n) is 2.67. The van der Waals surface area contributed by atoms with Crippen molar-refractivity contribution in [1.82, 2.24) is 20.1 Å². The average molecular weight is 242 g/mol. The second kappa shape index (κ2) is 5.31. The van der Waals surface area contributed by atoms with E-state index in [2.05, 4.69) is 38.3 Å². The van der Waals surface area contributed by atoms with Crippen molar-refractivity contribution in [3.8, 4) is 0 Å². The molecule has 1 aliphatic rings. The molecule has 1 aliphatic heterocycles. The van der Waals surface area contributed by atoms with E-state index in [9.17, 15) is 0 Å². The molecule has 18 heavy (non-hydrogen) atoms. The Kier molecular flexibility index (Phi) is 3.37. The number of aromatic amines is 1. The number of hydrogen-bond acceptors (Lipinski definition) is 3. The molecule has 1 atom stereocenters. The van der Waals surface area contributed by atoms with Crippen LogP contribution in [0.25, 0.3) is 0 Å². The van der Waals surface area contributed by atoms with Crippen molar-refractivity contribution < 1.29 is 0 Å². The van der Waals surface area contributed by atoms with Crippen molar-refractivity contribution >= 4 is 0 Å². The van der Waals surface area contributed by atoms with E-state index in [0.29, 0.717) is 5.92 Å². The number of aromatic nitrogens is 3. The van der Waals surface area contributed by atoms with Crippen LogP contribution in [-0.2, 0) is 6.54 Å². The van der Waals surface area contributed by atoms with Gasteiger partial charge >= 0.3 is 0 Å². The van der Waals surface area contributed by atoms with E-state index in [1.54, 1.807) is 0 Å². The molecule has 2 aromatic rings. The zero-order valence-corrected chi connectivity index (χ0v) is 10.4. The highest BCUT2D eigenvalue weighted by atomic mass is 15.2. The monoisotopic (exact) mass is 242 g/mol. The molecule has 0 radical (unpaired) electrons. The lowest BCUT2D eigenvalue weighted by Crippen LogP contribution is -2.34. The highest BCUT2D eigenvalue weighted by molar-refractivity contribution is 5.09. The van der Waals surface area contributed by atoms with Gasteiger partial charge in [0.15, 0.2) is 0 Å². The fourth-order valence-corrected chi connectivity index (χ4v) is 2.67. The summed E-state index contributed by atoms with van der Waals surface area (Å²) >= 11 is 0. The number of pyridine rings is 1. The Hall–Kier alpha value is -1.68. The third-order valence-electron chi connectivity index (χ3n) is 3.58. The molecule has 0 aliphatic carbocycles. The normalized spacial score (nSPS) is 21.0. The second-order valence-corrected chi connectivity index (χ2v) is 4.91. The Bertz CT molecular complexity index is 466. The van der Waals surface area contributed by atoms with Gasteiger partial charge in [-0.2, -0.15) is 5.10 Å². The molecule has 3 rings (SSSR count). The molecule has 4 heteroatoms. The van der Waals surface area contributed by atoms with Crippen molar-refractivity contribution in [2.75, 3.05) is 13.1 Å². The molecule has 0 bridgehead atoms. The van der Waals surface area contributed by atoms with Crippen molar-refractivity contribution in [2.24, 2.45) is 0 Å². The zero-order valence-electron chi connectivity index (χ0n) is 10.4. The number of hydrogen-bond donors (Lipinski definition) is 1. The Morgan fingerprint density at radius 2 is 2.28 bits per heavy atom. The van der Waals surface area contributed by atoms with Gasteiger partial charge in [0.2, 0.25) is 0 Å². The molecule has 0 spiro atoms. The Morgan fingerprint density at radius 1 is 1.28 bits per heavy atom. The van der Waals surface area contributed by atoms with Crippen LogP contribution < -0.4 is 0 Å². The summed E-state index contributed by atoms with van der Waals surface area (Å²) in [5.74, 6) is 0.588. The van der Waals surface area contributed by atoms with Gasteiger partial charge in [0.05, 0.1) is 5.69 Å². The number of rotatable bonds is 3. The zero-order chi connectivity index (χ0) is 12.2. The highest BCUT2D eigenvalue weighted by Gasteiger charge is 2.22. The van der Waals surface area contributed by atoms with Crippen LogP contribution in [0.15, 0.2) is 36.7 Å². The SMILES string of the molecule is c1ccc(CN2CCC[C@@H](c3ccn[nH]3)C2)nc1. The smallest absolute Gasteiger partial charge is 0.0543 e. The van der Waals surface area contributed by atoms with Gasteiger partial charge in [-0.05, 0) is 37.6 Å². The summed E-state index contributed by atoms with van der Waals surface area (Å²) in [5.41, 5.74) is 2.42. The first-order valence-corrected chi connectivity index (χ1v) is 6.53. The molecule has 1 saturated heterocycles. The first-order chi connectivity index (χ1) is 8.92. The van der Waals surface area contributed by atoms with Gasteiger partial charge in [-0.1, -0.05) is 6.07 Å². The maximum absolute atomic E-state index is 4.40. The average Bonchev–Trinajstić information content (AvgIpc) is 2.94. The molecule has 0 aromatic carbocycles. The van der Waals surface area contributed by atoms with Crippen LogP contribution in [0, 0.1) is 0 Å². The highest BCUT2D eigenvalue weighted by Crippen LogP contribution is 2.25. The summed E-state index contributed by atoms with van der Waals surface area (Å²) in [6, 6.07) is 8.21. The largest absolute Gasteiger partial charge is 0.297 e. The standard InChI is InChI=1S/C14H18N4/c1-2-7-15-13(5-1)11-18-9-3-4-12(10-18)14-6-8-16-17-14/h1-2,5-8,12H,3-4,9-11H2,(H,16,17)/t12-/m1/s1. The van der Waals surface area contributed by atoms with Crippen LogP contribution in [0.2, 0.25) is 0 Å². The summed E-state index contributed by atoms with van der Waals surface area (Å²) in [6.07, 6.45) is 6.20. The molecule has 94 valence electrons. The van der Waals surface area contributed by atoms with Crippen molar-refractivity contribution in [2.45, 2.75) is 25.3 Å². The Balaban J connectivity index is 1.64. The van der Waals surface area contributed by atoms with E-state index in [0.717, 1.165) is 18.8 Å². The van der Waals surface area contributed by atoms with E-state index in [1.165, 1.54) is 25.1 Å². The quantitative estimate of drug-likeness (QED) is 0.897. The maximum Gasteiger partial charge on any atom is 0.0543 e. The molecule has 2 aromatic heterocycles. The minimum absolute atomic E-state index is 0.588. The van der Waals surface area contributed by atoms with E-state index >= 15 is 0 Å². The molecular formula is C14H18N4. The van der Waals surface area contributed by atoms with Gasteiger partial charge in [-0.25, -0.2) is 0 Å². The summed E-state index contributed by atoms with van der Waals surface area (Å²) in [7, 11) is 0. The summed E-state index contributed by atoms with van der Waals surface area (Å²) in [4.78, 5) is 6.88. The number of nitrogens with zero attached hydrogens (tertiary/aromatic N) is 3. The van der Waals surface area contributed by atoms with Gasteiger partial charge in [-0.15, -0.1) is 0 Å². The predicted molar refractivity (Wildman–Crippen MR) is 70.1 cm³/mol. The van der Waals surface area contributed by atoms with Crippen molar-refractivity contribution in [1.29, 1.82) is 0 Å². The minimum atomic E-state index is 0.588. The van der Waals surface area contributed by atoms with Gasteiger partial charge in [-0.3, -0.25) is 15.0 Å².